The van der Waals surface area contributed by atoms with E-state index in [4.69, 9.17) is 17.3 Å². The van der Waals surface area contributed by atoms with Gasteiger partial charge in [0.15, 0.2) is 0 Å². The van der Waals surface area contributed by atoms with Crippen LogP contribution < -0.4 is 11.1 Å². The lowest BCUT2D eigenvalue weighted by atomic mass is 9.92. The van der Waals surface area contributed by atoms with Gasteiger partial charge in [0.2, 0.25) is 5.91 Å². The fourth-order valence-corrected chi connectivity index (χ4v) is 1.48. The topological polar surface area (TPSA) is 55.1 Å². The highest BCUT2D eigenvalue weighted by molar-refractivity contribution is 6.33. The highest BCUT2D eigenvalue weighted by Gasteiger charge is 2.16. The molecule has 0 aliphatic carbocycles. The minimum Gasteiger partial charge on any atom is -0.399 e. The standard InChI is InChI=1S/C12H17ClN2O/c1-12(2,3)7-11(16)15-10-6-8(14)4-5-9(10)13/h4-6H,7,14H2,1-3H3,(H,15,16). The molecule has 16 heavy (non-hydrogen) atoms. The molecule has 0 radical (unpaired) electrons. The van der Waals surface area contributed by atoms with Crippen LogP contribution in [0.25, 0.3) is 0 Å². The van der Waals surface area contributed by atoms with Gasteiger partial charge in [-0.15, -0.1) is 0 Å². The summed E-state index contributed by atoms with van der Waals surface area (Å²) in [6.45, 7) is 6.02. The van der Waals surface area contributed by atoms with E-state index in [-0.39, 0.29) is 11.3 Å². The first kappa shape index (κ1) is 12.8. The molecule has 1 aromatic rings. The minimum atomic E-state index is -0.0556. The van der Waals surface area contributed by atoms with Gasteiger partial charge in [0.1, 0.15) is 0 Å². The fourth-order valence-electron chi connectivity index (χ4n) is 1.31. The molecule has 0 aliphatic heterocycles. The molecule has 0 aromatic heterocycles. The molecule has 0 saturated heterocycles. The normalized spacial score (nSPS) is 11.2. The highest BCUT2D eigenvalue weighted by Crippen LogP contribution is 2.25. The largest absolute Gasteiger partial charge is 0.399 e. The zero-order valence-electron chi connectivity index (χ0n) is 9.80. The lowest BCUT2D eigenvalue weighted by Gasteiger charge is -2.17. The van der Waals surface area contributed by atoms with Crippen LogP contribution in [-0.4, -0.2) is 5.91 Å². The summed E-state index contributed by atoms with van der Waals surface area (Å²) in [5, 5.41) is 3.25. The molecule has 0 bridgehead atoms. The van der Waals surface area contributed by atoms with Crippen LogP contribution in [-0.2, 0) is 4.79 Å². The van der Waals surface area contributed by atoms with E-state index in [0.29, 0.717) is 22.8 Å². The SMILES string of the molecule is CC(C)(C)CC(=O)Nc1cc(N)ccc1Cl. The van der Waals surface area contributed by atoms with Crippen molar-refractivity contribution in [3.63, 3.8) is 0 Å². The molecular formula is C12H17ClN2O. The molecular weight excluding hydrogens is 224 g/mol. The number of nitrogen functional groups attached to an aromatic ring is 1. The Morgan fingerprint density at radius 1 is 1.44 bits per heavy atom. The fraction of sp³-hybridized carbons (Fsp3) is 0.417. The van der Waals surface area contributed by atoms with Crippen molar-refractivity contribution in [3.8, 4) is 0 Å². The molecule has 0 aliphatic rings. The highest BCUT2D eigenvalue weighted by atomic mass is 35.5. The lowest BCUT2D eigenvalue weighted by molar-refractivity contribution is -0.117. The third-order valence-electron chi connectivity index (χ3n) is 1.96. The Bertz CT molecular complexity index is 396. The van der Waals surface area contributed by atoms with Gasteiger partial charge in [0, 0.05) is 12.1 Å². The summed E-state index contributed by atoms with van der Waals surface area (Å²) in [5.74, 6) is -0.0556. The number of carbonyl (C=O) groups excluding carboxylic acids is 1. The van der Waals surface area contributed by atoms with Crippen LogP contribution in [0.4, 0.5) is 11.4 Å². The molecule has 3 N–H and O–H groups in total. The molecule has 0 spiro atoms. The predicted molar refractivity (Wildman–Crippen MR) is 68.6 cm³/mol. The molecule has 88 valence electrons. The van der Waals surface area contributed by atoms with Crippen LogP contribution in [0, 0.1) is 5.41 Å². The monoisotopic (exact) mass is 240 g/mol. The Labute approximate surface area is 101 Å². The number of halogens is 1. The van der Waals surface area contributed by atoms with E-state index >= 15 is 0 Å². The van der Waals surface area contributed by atoms with Gasteiger partial charge >= 0.3 is 0 Å². The first-order chi connectivity index (χ1) is 7.28. The molecule has 1 amide bonds. The first-order valence-electron chi connectivity index (χ1n) is 5.13. The number of hydrogen-bond acceptors (Lipinski definition) is 2. The molecule has 0 atom stereocenters. The van der Waals surface area contributed by atoms with Gasteiger partial charge in [-0.3, -0.25) is 4.79 Å². The average Bonchev–Trinajstić information content (AvgIpc) is 2.08. The molecule has 0 heterocycles. The second-order valence-corrected chi connectivity index (χ2v) is 5.43. The Hall–Kier alpha value is -1.22. The van der Waals surface area contributed by atoms with Crippen molar-refractivity contribution >= 4 is 28.9 Å². The van der Waals surface area contributed by atoms with Crippen LogP contribution in [0.5, 0.6) is 0 Å². The van der Waals surface area contributed by atoms with Crippen molar-refractivity contribution < 1.29 is 4.79 Å². The van der Waals surface area contributed by atoms with Crippen molar-refractivity contribution in [2.75, 3.05) is 11.1 Å². The Kier molecular flexibility index (Phi) is 3.81. The Morgan fingerprint density at radius 2 is 2.06 bits per heavy atom. The number of nitrogens with two attached hydrogens (primary N) is 1. The van der Waals surface area contributed by atoms with Crippen molar-refractivity contribution in [2.24, 2.45) is 5.41 Å². The summed E-state index contributed by atoms with van der Waals surface area (Å²) >= 11 is 5.94. The summed E-state index contributed by atoms with van der Waals surface area (Å²) in [6.07, 6.45) is 0.443. The molecule has 1 rings (SSSR count). The molecule has 3 nitrogen and oxygen atoms in total. The predicted octanol–water partition coefficient (Wildman–Crippen LogP) is 3.30. The van der Waals surface area contributed by atoms with E-state index in [1.54, 1.807) is 18.2 Å². The smallest absolute Gasteiger partial charge is 0.224 e. The van der Waals surface area contributed by atoms with E-state index in [1.807, 2.05) is 20.8 Å². The van der Waals surface area contributed by atoms with Crippen molar-refractivity contribution in [1.29, 1.82) is 0 Å². The number of anilines is 2. The number of benzene rings is 1. The van der Waals surface area contributed by atoms with E-state index in [2.05, 4.69) is 5.32 Å². The summed E-state index contributed by atoms with van der Waals surface area (Å²) in [4.78, 5) is 11.7. The van der Waals surface area contributed by atoms with Crippen LogP contribution >= 0.6 is 11.6 Å². The molecule has 0 fully saturated rings. The van der Waals surface area contributed by atoms with E-state index in [9.17, 15) is 4.79 Å². The van der Waals surface area contributed by atoms with Gasteiger partial charge < -0.3 is 11.1 Å². The average molecular weight is 241 g/mol. The van der Waals surface area contributed by atoms with E-state index in [1.165, 1.54) is 0 Å². The first-order valence-corrected chi connectivity index (χ1v) is 5.50. The van der Waals surface area contributed by atoms with Crippen molar-refractivity contribution in [3.05, 3.63) is 23.2 Å². The lowest BCUT2D eigenvalue weighted by Crippen LogP contribution is -2.19. The quantitative estimate of drug-likeness (QED) is 0.780. The summed E-state index contributed by atoms with van der Waals surface area (Å²) in [7, 11) is 0. The second kappa shape index (κ2) is 4.74. The number of rotatable bonds is 2. The van der Waals surface area contributed by atoms with Crippen LogP contribution in [0.15, 0.2) is 18.2 Å². The summed E-state index contributed by atoms with van der Waals surface area (Å²) < 4.78 is 0. The molecule has 1 aromatic carbocycles. The van der Waals surface area contributed by atoms with Gasteiger partial charge in [-0.25, -0.2) is 0 Å². The maximum atomic E-state index is 11.7. The molecule has 4 heteroatoms. The Balaban J connectivity index is 2.73. The second-order valence-electron chi connectivity index (χ2n) is 5.02. The van der Waals surface area contributed by atoms with Crippen LogP contribution in [0.3, 0.4) is 0 Å². The van der Waals surface area contributed by atoms with Gasteiger partial charge in [-0.1, -0.05) is 32.4 Å². The van der Waals surface area contributed by atoms with Crippen molar-refractivity contribution in [2.45, 2.75) is 27.2 Å². The van der Waals surface area contributed by atoms with Crippen LogP contribution in [0.2, 0.25) is 5.02 Å². The third kappa shape index (κ3) is 4.11. The summed E-state index contributed by atoms with van der Waals surface area (Å²) in [5.41, 5.74) is 6.72. The number of hydrogen-bond donors (Lipinski definition) is 2. The number of nitrogens with one attached hydrogen (secondary N) is 1. The van der Waals surface area contributed by atoms with E-state index < -0.39 is 0 Å². The third-order valence-corrected chi connectivity index (χ3v) is 2.28. The number of carbonyl (C=O) groups is 1. The van der Waals surface area contributed by atoms with Crippen LogP contribution in [0.1, 0.15) is 27.2 Å². The molecule has 0 saturated carbocycles. The minimum absolute atomic E-state index is 0.0448. The number of amides is 1. The maximum Gasteiger partial charge on any atom is 0.224 e. The zero-order chi connectivity index (χ0) is 12.3. The molecule has 0 unspecified atom stereocenters. The summed E-state index contributed by atoms with van der Waals surface area (Å²) in [6, 6.07) is 5.02. The zero-order valence-corrected chi connectivity index (χ0v) is 10.6. The van der Waals surface area contributed by atoms with Gasteiger partial charge in [-0.2, -0.15) is 0 Å². The Morgan fingerprint density at radius 3 is 2.62 bits per heavy atom. The van der Waals surface area contributed by atoms with E-state index in [0.717, 1.165) is 0 Å². The maximum absolute atomic E-state index is 11.7. The van der Waals surface area contributed by atoms with Gasteiger partial charge in [0.25, 0.3) is 0 Å². The van der Waals surface area contributed by atoms with Gasteiger partial charge in [0.05, 0.1) is 10.7 Å². The van der Waals surface area contributed by atoms with Crippen molar-refractivity contribution in [1.82, 2.24) is 0 Å². The van der Waals surface area contributed by atoms with Gasteiger partial charge in [-0.05, 0) is 23.6 Å².